The first-order chi connectivity index (χ1) is 8.15. The lowest BCUT2D eigenvalue weighted by atomic mass is 9.94. The molecule has 1 saturated heterocycles. The van der Waals surface area contributed by atoms with E-state index < -0.39 is 0 Å². The normalized spacial score (nSPS) is 24.4. The average Bonchev–Trinajstić information content (AvgIpc) is 2.29. The largest absolute Gasteiger partial charge is 0.325 e. The van der Waals surface area contributed by atoms with Crippen LogP contribution in [0, 0.1) is 9.49 Å². The fourth-order valence-electron chi connectivity index (χ4n) is 2.10. The van der Waals surface area contributed by atoms with Crippen molar-refractivity contribution in [1.82, 2.24) is 5.32 Å². The summed E-state index contributed by atoms with van der Waals surface area (Å²) in [4.78, 5) is 12.0. The van der Waals surface area contributed by atoms with Crippen LogP contribution < -0.4 is 10.6 Å². The molecule has 3 nitrogen and oxygen atoms in total. The number of anilines is 1. The van der Waals surface area contributed by atoms with Crippen molar-refractivity contribution in [2.45, 2.75) is 25.8 Å². The minimum absolute atomic E-state index is 0.0448. The van der Waals surface area contributed by atoms with Crippen LogP contribution in [0.1, 0.15) is 19.8 Å². The molecule has 2 atom stereocenters. The topological polar surface area (TPSA) is 41.1 Å². The lowest BCUT2D eigenvalue weighted by molar-refractivity contribution is -0.119. The molecule has 0 saturated carbocycles. The SMILES string of the molecule is CC1CCNC(C(=O)Nc2cccc(I)c2)C1. The Bertz CT molecular complexity index is 408. The first-order valence-electron chi connectivity index (χ1n) is 5.95. The van der Waals surface area contributed by atoms with Crippen molar-refractivity contribution < 1.29 is 4.79 Å². The van der Waals surface area contributed by atoms with Crippen molar-refractivity contribution in [2.75, 3.05) is 11.9 Å². The maximum absolute atomic E-state index is 12.0. The summed E-state index contributed by atoms with van der Waals surface area (Å²) in [5.74, 6) is 0.710. The molecule has 0 spiro atoms. The molecule has 1 heterocycles. The van der Waals surface area contributed by atoms with Gasteiger partial charge in [0.05, 0.1) is 6.04 Å². The van der Waals surface area contributed by atoms with Crippen LogP contribution in [0.15, 0.2) is 24.3 Å². The molecule has 1 amide bonds. The second kappa shape index (κ2) is 5.82. The minimum atomic E-state index is -0.0448. The van der Waals surface area contributed by atoms with Gasteiger partial charge in [0.2, 0.25) is 5.91 Å². The summed E-state index contributed by atoms with van der Waals surface area (Å²) < 4.78 is 1.13. The first kappa shape index (κ1) is 12.8. The van der Waals surface area contributed by atoms with E-state index in [2.05, 4.69) is 40.1 Å². The van der Waals surface area contributed by atoms with Crippen molar-refractivity contribution in [2.24, 2.45) is 5.92 Å². The first-order valence-corrected chi connectivity index (χ1v) is 7.03. The zero-order valence-corrected chi connectivity index (χ0v) is 12.0. The average molecular weight is 344 g/mol. The number of hydrogen-bond donors (Lipinski definition) is 2. The van der Waals surface area contributed by atoms with Crippen LogP contribution in [0.4, 0.5) is 5.69 Å². The number of carbonyl (C=O) groups is 1. The van der Waals surface area contributed by atoms with E-state index in [1.54, 1.807) is 0 Å². The van der Waals surface area contributed by atoms with Gasteiger partial charge in [0, 0.05) is 9.26 Å². The molecule has 0 bridgehead atoms. The summed E-state index contributed by atoms with van der Waals surface area (Å²) in [6.45, 7) is 3.14. The van der Waals surface area contributed by atoms with Crippen LogP contribution >= 0.6 is 22.6 Å². The van der Waals surface area contributed by atoms with E-state index in [-0.39, 0.29) is 11.9 Å². The lowest BCUT2D eigenvalue weighted by Crippen LogP contribution is -2.45. The fraction of sp³-hybridized carbons (Fsp3) is 0.462. The molecule has 0 aromatic heterocycles. The summed E-state index contributed by atoms with van der Waals surface area (Å²) in [6, 6.07) is 7.82. The Balaban J connectivity index is 1.96. The summed E-state index contributed by atoms with van der Waals surface area (Å²) in [5.41, 5.74) is 0.877. The molecule has 0 aliphatic carbocycles. The van der Waals surface area contributed by atoms with Gasteiger partial charge in [-0.3, -0.25) is 4.79 Å². The Morgan fingerprint density at radius 3 is 3.06 bits per heavy atom. The Labute approximate surface area is 116 Å². The van der Waals surface area contributed by atoms with Crippen molar-refractivity contribution in [3.8, 4) is 0 Å². The zero-order chi connectivity index (χ0) is 12.3. The van der Waals surface area contributed by atoms with Crippen molar-refractivity contribution in [3.05, 3.63) is 27.8 Å². The molecule has 2 unspecified atom stereocenters. The van der Waals surface area contributed by atoms with Gasteiger partial charge in [0.1, 0.15) is 0 Å². The quantitative estimate of drug-likeness (QED) is 0.810. The molecule has 0 radical (unpaired) electrons. The summed E-state index contributed by atoms with van der Waals surface area (Å²) >= 11 is 2.24. The van der Waals surface area contributed by atoms with Crippen LogP contribution in [0.5, 0.6) is 0 Å². The van der Waals surface area contributed by atoms with Crippen molar-refractivity contribution in [1.29, 1.82) is 0 Å². The summed E-state index contributed by atoms with van der Waals surface area (Å²) in [7, 11) is 0. The number of amides is 1. The third-order valence-corrected chi connectivity index (χ3v) is 3.75. The maximum Gasteiger partial charge on any atom is 0.241 e. The Hall–Kier alpha value is -0.620. The molecule has 2 N–H and O–H groups in total. The van der Waals surface area contributed by atoms with E-state index in [0.29, 0.717) is 5.92 Å². The van der Waals surface area contributed by atoms with E-state index in [4.69, 9.17) is 0 Å². The van der Waals surface area contributed by atoms with Crippen LogP contribution in [-0.4, -0.2) is 18.5 Å². The number of piperidine rings is 1. The van der Waals surface area contributed by atoms with Gasteiger partial charge in [-0.25, -0.2) is 0 Å². The second-order valence-corrected chi connectivity index (χ2v) is 5.88. The zero-order valence-electron chi connectivity index (χ0n) is 9.87. The molecule has 1 aromatic carbocycles. The minimum Gasteiger partial charge on any atom is -0.325 e. The van der Waals surface area contributed by atoms with Crippen LogP contribution in [0.2, 0.25) is 0 Å². The summed E-state index contributed by atoms with van der Waals surface area (Å²) in [5, 5.41) is 6.24. The lowest BCUT2D eigenvalue weighted by Gasteiger charge is -2.27. The number of rotatable bonds is 2. The Morgan fingerprint density at radius 2 is 2.35 bits per heavy atom. The van der Waals surface area contributed by atoms with Gasteiger partial charge in [0.15, 0.2) is 0 Å². The molecule has 2 rings (SSSR count). The van der Waals surface area contributed by atoms with Gasteiger partial charge in [-0.1, -0.05) is 13.0 Å². The van der Waals surface area contributed by atoms with Gasteiger partial charge < -0.3 is 10.6 Å². The second-order valence-electron chi connectivity index (χ2n) is 4.64. The van der Waals surface area contributed by atoms with Crippen LogP contribution in [-0.2, 0) is 4.79 Å². The van der Waals surface area contributed by atoms with Gasteiger partial charge in [0.25, 0.3) is 0 Å². The van der Waals surface area contributed by atoms with Gasteiger partial charge >= 0.3 is 0 Å². The van der Waals surface area contributed by atoms with Gasteiger partial charge in [-0.05, 0) is 66.1 Å². The number of halogens is 1. The monoisotopic (exact) mass is 344 g/mol. The standard InChI is InChI=1S/C13H17IN2O/c1-9-5-6-15-12(7-9)13(17)16-11-4-2-3-10(14)8-11/h2-4,8-9,12,15H,5-7H2,1H3,(H,16,17). The highest BCUT2D eigenvalue weighted by Crippen LogP contribution is 2.17. The molecule has 1 aliphatic heterocycles. The number of nitrogens with one attached hydrogen (secondary N) is 2. The molecule has 1 aliphatic rings. The van der Waals surface area contributed by atoms with E-state index >= 15 is 0 Å². The van der Waals surface area contributed by atoms with Crippen molar-refractivity contribution in [3.63, 3.8) is 0 Å². The third kappa shape index (κ3) is 3.67. The van der Waals surface area contributed by atoms with E-state index in [1.165, 1.54) is 0 Å². The third-order valence-electron chi connectivity index (χ3n) is 3.07. The summed E-state index contributed by atoms with van der Waals surface area (Å²) in [6.07, 6.45) is 2.09. The van der Waals surface area contributed by atoms with Crippen LogP contribution in [0.3, 0.4) is 0 Å². The molecule has 4 heteroatoms. The predicted molar refractivity (Wildman–Crippen MR) is 78.0 cm³/mol. The smallest absolute Gasteiger partial charge is 0.241 e. The van der Waals surface area contributed by atoms with Gasteiger partial charge in [-0.2, -0.15) is 0 Å². The molecule has 1 fully saturated rings. The highest BCUT2D eigenvalue weighted by atomic mass is 127. The molecule has 1 aromatic rings. The number of hydrogen-bond acceptors (Lipinski definition) is 2. The van der Waals surface area contributed by atoms with Crippen molar-refractivity contribution >= 4 is 34.2 Å². The Kier molecular flexibility index (Phi) is 4.39. The number of benzene rings is 1. The number of carbonyl (C=O) groups excluding carboxylic acids is 1. The van der Waals surface area contributed by atoms with E-state index in [0.717, 1.165) is 28.6 Å². The fourth-order valence-corrected chi connectivity index (χ4v) is 2.65. The predicted octanol–water partition coefficient (Wildman–Crippen LogP) is 2.62. The molecule has 92 valence electrons. The molecular weight excluding hydrogens is 327 g/mol. The Morgan fingerprint density at radius 1 is 1.53 bits per heavy atom. The van der Waals surface area contributed by atoms with E-state index in [1.807, 2.05) is 24.3 Å². The van der Waals surface area contributed by atoms with Crippen LogP contribution in [0.25, 0.3) is 0 Å². The molecular formula is C13H17IN2O. The maximum atomic E-state index is 12.0. The highest BCUT2D eigenvalue weighted by Gasteiger charge is 2.24. The highest BCUT2D eigenvalue weighted by molar-refractivity contribution is 14.1. The van der Waals surface area contributed by atoms with E-state index in [9.17, 15) is 4.79 Å². The van der Waals surface area contributed by atoms with Gasteiger partial charge in [-0.15, -0.1) is 0 Å². The molecule has 17 heavy (non-hydrogen) atoms.